The van der Waals surface area contributed by atoms with Gasteiger partial charge in [-0.2, -0.15) is 4.98 Å². The molecule has 32 heavy (non-hydrogen) atoms. The number of nitrogens with zero attached hydrogens (tertiary/aromatic N) is 4. The van der Waals surface area contributed by atoms with Crippen LogP contribution in [0.2, 0.25) is 0 Å². The van der Waals surface area contributed by atoms with Crippen molar-refractivity contribution >= 4 is 11.9 Å². The van der Waals surface area contributed by atoms with Crippen LogP contribution < -0.4 is 14.4 Å². The van der Waals surface area contributed by atoms with Crippen LogP contribution >= 0.6 is 0 Å². The summed E-state index contributed by atoms with van der Waals surface area (Å²) in [5, 5.41) is 9.83. The van der Waals surface area contributed by atoms with Gasteiger partial charge in [0.25, 0.3) is 5.91 Å². The average Bonchev–Trinajstić information content (AvgIpc) is 2.91. The fraction of sp³-hybridized carbons (Fsp3) is 0.522. The zero-order chi connectivity index (χ0) is 22.9. The summed E-state index contributed by atoms with van der Waals surface area (Å²) in [6, 6.07) is 5.40. The fourth-order valence-electron chi connectivity index (χ4n) is 4.10. The van der Waals surface area contributed by atoms with Gasteiger partial charge in [0, 0.05) is 30.8 Å². The molecule has 0 bridgehead atoms. The smallest absolute Gasteiger partial charge is 0.261 e. The molecular formula is C23H30N4O5. The van der Waals surface area contributed by atoms with E-state index in [0.717, 1.165) is 0 Å². The molecule has 2 aliphatic heterocycles. The molecule has 1 aromatic heterocycles. The van der Waals surface area contributed by atoms with E-state index in [1.807, 2.05) is 31.7 Å². The number of aliphatic hydroxyl groups excluding tert-OH is 1. The number of hydrogen-bond acceptors (Lipinski definition) is 8. The first kappa shape index (κ1) is 22.3. The molecule has 0 radical (unpaired) electrons. The second kappa shape index (κ2) is 8.91. The summed E-state index contributed by atoms with van der Waals surface area (Å²) in [4.78, 5) is 26.9. The van der Waals surface area contributed by atoms with Gasteiger partial charge in [-0.1, -0.05) is 0 Å². The highest BCUT2D eigenvalue weighted by Crippen LogP contribution is 2.37. The van der Waals surface area contributed by atoms with Crippen molar-refractivity contribution in [1.82, 2.24) is 14.9 Å². The second-order valence-electron chi connectivity index (χ2n) is 8.52. The van der Waals surface area contributed by atoms with Crippen LogP contribution in [0, 0.1) is 0 Å². The first-order chi connectivity index (χ1) is 15.4. The predicted octanol–water partition coefficient (Wildman–Crippen LogP) is 2.11. The van der Waals surface area contributed by atoms with E-state index in [1.54, 1.807) is 24.1 Å². The van der Waals surface area contributed by atoms with Gasteiger partial charge in [0.2, 0.25) is 11.8 Å². The van der Waals surface area contributed by atoms with E-state index in [9.17, 15) is 9.90 Å². The van der Waals surface area contributed by atoms with E-state index >= 15 is 0 Å². The number of carbonyl (C=O) groups excluding carboxylic acids is 1. The molecule has 0 aliphatic carbocycles. The molecule has 1 N–H and O–H groups in total. The topological polar surface area (TPSA) is 97.2 Å². The highest BCUT2D eigenvalue weighted by Gasteiger charge is 2.37. The van der Waals surface area contributed by atoms with Crippen molar-refractivity contribution in [3.05, 3.63) is 29.3 Å². The molecule has 2 aromatic rings. The molecule has 1 aromatic carbocycles. The van der Waals surface area contributed by atoms with Gasteiger partial charge < -0.3 is 29.1 Å². The predicted molar refractivity (Wildman–Crippen MR) is 119 cm³/mol. The molecule has 1 saturated heterocycles. The lowest BCUT2D eigenvalue weighted by Crippen LogP contribution is -2.42. The van der Waals surface area contributed by atoms with Gasteiger partial charge in [0.05, 0.1) is 39.2 Å². The monoisotopic (exact) mass is 442 g/mol. The minimum Gasteiger partial charge on any atom is -0.496 e. The molecule has 0 spiro atoms. The van der Waals surface area contributed by atoms with Crippen LogP contribution in [0.3, 0.4) is 0 Å². The summed E-state index contributed by atoms with van der Waals surface area (Å²) in [7, 11) is 1.56. The molecule has 1 amide bonds. The van der Waals surface area contributed by atoms with E-state index in [1.165, 1.54) is 0 Å². The lowest BCUT2D eigenvalue weighted by atomic mass is 10.0. The maximum atomic E-state index is 13.6. The third-order valence-corrected chi connectivity index (χ3v) is 5.71. The Morgan fingerprint density at radius 2 is 1.97 bits per heavy atom. The van der Waals surface area contributed by atoms with Crippen molar-refractivity contribution in [3.63, 3.8) is 0 Å². The van der Waals surface area contributed by atoms with Gasteiger partial charge in [-0.25, -0.2) is 4.98 Å². The Morgan fingerprint density at radius 3 is 2.62 bits per heavy atom. The van der Waals surface area contributed by atoms with Crippen molar-refractivity contribution in [2.24, 2.45) is 0 Å². The Morgan fingerprint density at radius 1 is 1.22 bits per heavy atom. The Labute approximate surface area is 187 Å². The third kappa shape index (κ3) is 4.22. The van der Waals surface area contributed by atoms with Gasteiger partial charge in [-0.15, -0.1) is 0 Å². The normalized spacial score (nSPS) is 18.1. The van der Waals surface area contributed by atoms with Gasteiger partial charge in [-0.3, -0.25) is 4.79 Å². The van der Waals surface area contributed by atoms with Crippen LogP contribution in [0.1, 0.15) is 36.7 Å². The molecule has 0 saturated carbocycles. The maximum Gasteiger partial charge on any atom is 0.261 e. The average molecular weight is 443 g/mol. The number of amides is 1. The number of fused-ring (bicyclic) bond motifs is 1. The van der Waals surface area contributed by atoms with E-state index in [2.05, 4.69) is 4.98 Å². The van der Waals surface area contributed by atoms with E-state index in [0.29, 0.717) is 73.5 Å². The number of carbonyl (C=O) groups is 1. The minimum atomic E-state index is -0.610. The molecule has 9 nitrogen and oxygen atoms in total. The van der Waals surface area contributed by atoms with Crippen molar-refractivity contribution in [2.75, 3.05) is 51.4 Å². The van der Waals surface area contributed by atoms with Crippen molar-refractivity contribution < 1.29 is 24.1 Å². The quantitative estimate of drug-likeness (QED) is 0.752. The van der Waals surface area contributed by atoms with Crippen LogP contribution in [0.25, 0.3) is 11.3 Å². The molecule has 0 atom stereocenters. The lowest BCUT2D eigenvalue weighted by molar-refractivity contribution is 0.0541. The number of hydrogen-bond donors (Lipinski definition) is 1. The number of ether oxygens (including phenoxy) is 3. The molecule has 0 unspecified atom stereocenters. The lowest BCUT2D eigenvalue weighted by Gasteiger charge is -2.29. The van der Waals surface area contributed by atoms with Crippen molar-refractivity contribution in [3.8, 4) is 22.9 Å². The standard InChI is InChI=1S/C23H30N4O5/c1-5-26-14-23(2,3)32-20-18(21(26)29)19(15-6-7-17(30-4)16(12-15)13-28)24-22(25-20)27-8-10-31-11-9-27/h6-7,12,28H,5,8-11,13-14H2,1-4H3. The van der Waals surface area contributed by atoms with Crippen LogP contribution in [0.15, 0.2) is 18.2 Å². The van der Waals surface area contributed by atoms with Crippen LogP contribution in [0.5, 0.6) is 11.6 Å². The minimum absolute atomic E-state index is 0.169. The summed E-state index contributed by atoms with van der Waals surface area (Å²) in [6.07, 6.45) is 0. The third-order valence-electron chi connectivity index (χ3n) is 5.71. The maximum absolute atomic E-state index is 13.6. The van der Waals surface area contributed by atoms with Gasteiger partial charge >= 0.3 is 0 Å². The zero-order valence-corrected chi connectivity index (χ0v) is 19.1. The van der Waals surface area contributed by atoms with Gasteiger partial charge in [0.15, 0.2) is 0 Å². The van der Waals surface area contributed by atoms with Crippen LogP contribution in [-0.4, -0.2) is 78.0 Å². The zero-order valence-electron chi connectivity index (χ0n) is 19.1. The molecule has 4 rings (SSSR count). The molecule has 172 valence electrons. The Bertz CT molecular complexity index is 1000. The first-order valence-corrected chi connectivity index (χ1v) is 10.9. The van der Waals surface area contributed by atoms with E-state index in [-0.39, 0.29) is 18.4 Å². The SMILES string of the molecule is CCN1CC(C)(C)Oc2nc(N3CCOCC3)nc(-c3ccc(OC)c(CO)c3)c2C1=O. The molecular weight excluding hydrogens is 412 g/mol. The number of aliphatic hydroxyl groups is 1. The largest absolute Gasteiger partial charge is 0.496 e. The number of rotatable bonds is 5. The number of likely N-dealkylation sites (N-methyl/N-ethyl adjacent to an activating group) is 1. The summed E-state index contributed by atoms with van der Waals surface area (Å²) < 4.78 is 17.1. The summed E-state index contributed by atoms with van der Waals surface area (Å²) >= 11 is 0. The highest BCUT2D eigenvalue weighted by molar-refractivity contribution is 6.02. The molecule has 3 heterocycles. The Kier molecular flexibility index (Phi) is 6.21. The van der Waals surface area contributed by atoms with Crippen molar-refractivity contribution in [2.45, 2.75) is 33.0 Å². The summed E-state index contributed by atoms with van der Waals surface area (Å²) in [5.41, 5.74) is 1.51. The Hall–Kier alpha value is -2.91. The van der Waals surface area contributed by atoms with Crippen molar-refractivity contribution in [1.29, 1.82) is 0 Å². The van der Waals surface area contributed by atoms with E-state index < -0.39 is 5.60 Å². The van der Waals surface area contributed by atoms with Crippen LogP contribution in [-0.2, 0) is 11.3 Å². The van der Waals surface area contributed by atoms with Gasteiger partial charge in [0.1, 0.15) is 16.9 Å². The van der Waals surface area contributed by atoms with Crippen LogP contribution in [0.4, 0.5) is 5.95 Å². The number of methoxy groups -OCH3 is 1. The van der Waals surface area contributed by atoms with E-state index in [4.69, 9.17) is 19.2 Å². The molecule has 1 fully saturated rings. The number of morpholine rings is 1. The fourth-order valence-corrected chi connectivity index (χ4v) is 4.10. The number of aromatic nitrogens is 2. The molecule has 9 heteroatoms. The second-order valence-corrected chi connectivity index (χ2v) is 8.52. The first-order valence-electron chi connectivity index (χ1n) is 10.9. The number of anilines is 1. The van der Waals surface area contributed by atoms with Gasteiger partial charge in [-0.05, 0) is 39.0 Å². The number of benzene rings is 1. The summed E-state index contributed by atoms with van der Waals surface area (Å²) in [5.74, 6) is 1.18. The summed E-state index contributed by atoms with van der Waals surface area (Å²) in [6.45, 7) is 9.11. The Balaban J connectivity index is 1.94. The highest BCUT2D eigenvalue weighted by atomic mass is 16.5. The molecule has 2 aliphatic rings.